The zero-order chi connectivity index (χ0) is 39.8. The zero-order valence-corrected chi connectivity index (χ0v) is 31.0. The van der Waals surface area contributed by atoms with Gasteiger partial charge in [0, 0.05) is 26.2 Å². The number of benzene rings is 4. The van der Waals surface area contributed by atoms with Gasteiger partial charge in [-0.2, -0.15) is 0 Å². The molecular weight excluding hydrogens is 738 g/mol. The highest BCUT2D eigenvalue weighted by molar-refractivity contribution is 5.99. The fourth-order valence-corrected chi connectivity index (χ4v) is 5.80. The van der Waals surface area contributed by atoms with Gasteiger partial charge in [0.25, 0.3) is 23.6 Å². The van der Waals surface area contributed by atoms with Crippen LogP contribution in [0.1, 0.15) is 20.7 Å². The van der Waals surface area contributed by atoms with Crippen LogP contribution in [0.2, 0.25) is 0 Å². The van der Waals surface area contributed by atoms with Gasteiger partial charge in [-0.1, -0.05) is 48.5 Å². The number of ether oxygens (including phenoxy) is 6. The summed E-state index contributed by atoms with van der Waals surface area (Å²) >= 11 is 0. The average Bonchev–Trinajstić information content (AvgIpc) is 3.23. The lowest BCUT2D eigenvalue weighted by atomic mass is 10.2. The first-order valence-electron chi connectivity index (χ1n) is 18.4. The Labute approximate surface area is 328 Å². The van der Waals surface area contributed by atoms with E-state index in [1.165, 1.54) is 0 Å². The van der Waals surface area contributed by atoms with Gasteiger partial charge in [-0.25, -0.2) is 0 Å². The molecule has 2 aliphatic rings. The number of hydrogen-bond donors (Lipinski definition) is 4. The molecule has 0 unspecified atom stereocenters. The predicted octanol–water partition coefficient (Wildman–Crippen LogP) is 2.90. The highest BCUT2D eigenvalue weighted by atomic mass is 16.6. The molecule has 1 fully saturated rings. The van der Waals surface area contributed by atoms with Gasteiger partial charge in [-0.05, 0) is 48.5 Å². The van der Waals surface area contributed by atoms with Gasteiger partial charge in [0.1, 0.15) is 36.2 Å². The first-order valence-corrected chi connectivity index (χ1v) is 18.4. The van der Waals surface area contributed by atoms with E-state index in [1.54, 1.807) is 97.1 Å². The van der Waals surface area contributed by atoms with E-state index in [-0.39, 0.29) is 55.5 Å². The van der Waals surface area contributed by atoms with Crippen LogP contribution in [-0.2, 0) is 23.9 Å². The van der Waals surface area contributed by atoms with Crippen molar-refractivity contribution in [1.82, 2.24) is 15.5 Å². The second kappa shape index (κ2) is 20.3. The van der Waals surface area contributed by atoms with Crippen molar-refractivity contribution in [2.24, 2.45) is 0 Å². The number of amides is 4. The van der Waals surface area contributed by atoms with Crippen LogP contribution in [0.3, 0.4) is 0 Å². The fourth-order valence-electron chi connectivity index (χ4n) is 5.80. The van der Waals surface area contributed by atoms with Gasteiger partial charge in [-0.15, -0.1) is 0 Å². The highest BCUT2D eigenvalue weighted by Gasteiger charge is 2.23. The summed E-state index contributed by atoms with van der Waals surface area (Å²) in [6.45, 7) is 1.20. The number of carbonyl (C=O) groups is 5. The van der Waals surface area contributed by atoms with E-state index in [0.29, 0.717) is 49.2 Å². The third kappa shape index (κ3) is 11.9. The summed E-state index contributed by atoms with van der Waals surface area (Å²) < 4.78 is 35.0. The summed E-state index contributed by atoms with van der Waals surface area (Å²) in [6, 6.07) is 26.3. The van der Waals surface area contributed by atoms with Crippen LogP contribution in [0, 0.1) is 0 Å². The number of para-hydroxylation sites is 6. The predicted molar refractivity (Wildman–Crippen MR) is 207 cm³/mol. The van der Waals surface area contributed by atoms with Crippen molar-refractivity contribution >= 4 is 41.0 Å². The number of morpholine rings is 1. The Hall–Kier alpha value is -6.65. The summed E-state index contributed by atoms with van der Waals surface area (Å²) in [4.78, 5) is 67.4. The number of carbonyl (C=O) groups excluding carboxylic acids is 5. The molecule has 0 bridgehead atoms. The van der Waals surface area contributed by atoms with Gasteiger partial charge in [0.05, 0.1) is 42.3 Å². The Kier molecular flexibility index (Phi) is 14.3. The third-order valence-electron chi connectivity index (χ3n) is 8.60. The van der Waals surface area contributed by atoms with Crippen molar-refractivity contribution in [3.8, 4) is 23.0 Å². The average molecular weight is 782 g/mol. The third-order valence-corrected chi connectivity index (χ3v) is 8.60. The number of nitrogens with zero attached hydrogens (tertiary/aromatic N) is 1. The van der Waals surface area contributed by atoms with Crippen molar-refractivity contribution in [1.29, 1.82) is 0 Å². The van der Waals surface area contributed by atoms with Crippen LogP contribution in [0.15, 0.2) is 97.1 Å². The summed E-state index contributed by atoms with van der Waals surface area (Å²) in [7, 11) is 0. The molecule has 0 saturated carbocycles. The van der Waals surface area contributed by atoms with Crippen LogP contribution in [0.5, 0.6) is 23.0 Å². The molecule has 4 amide bonds. The monoisotopic (exact) mass is 781 g/mol. The maximum atomic E-state index is 13.1. The van der Waals surface area contributed by atoms with Gasteiger partial charge >= 0.3 is 5.97 Å². The molecule has 2 aliphatic heterocycles. The molecule has 4 aromatic carbocycles. The van der Waals surface area contributed by atoms with Gasteiger partial charge < -0.3 is 49.7 Å². The molecular formula is C41H43N5O11. The highest BCUT2D eigenvalue weighted by Crippen LogP contribution is 2.27. The van der Waals surface area contributed by atoms with Crippen LogP contribution in [-0.4, -0.2) is 113 Å². The van der Waals surface area contributed by atoms with E-state index in [9.17, 15) is 24.0 Å². The Morgan fingerprint density at radius 3 is 1.53 bits per heavy atom. The first kappa shape index (κ1) is 40.0. The van der Waals surface area contributed by atoms with E-state index < -0.39 is 48.9 Å². The normalized spacial score (nSPS) is 16.9. The van der Waals surface area contributed by atoms with Gasteiger partial charge in [0.15, 0.2) is 19.3 Å². The molecule has 6 rings (SSSR count). The maximum absolute atomic E-state index is 13.1. The number of fused-ring (bicyclic) bond motifs is 4. The van der Waals surface area contributed by atoms with Crippen molar-refractivity contribution in [3.05, 3.63) is 108 Å². The molecule has 1 saturated heterocycles. The SMILES string of the molecule is O=C1COc2ccccc2C(=O)NCCNC(=O)c2ccccc2OCC(=O)Nc2ccccc2OCC(OC(=O)CN2CCOCC2)COc2ccccc2N1. The second-order valence-electron chi connectivity index (χ2n) is 12.8. The van der Waals surface area contributed by atoms with Crippen molar-refractivity contribution < 1.29 is 52.4 Å². The van der Waals surface area contributed by atoms with Crippen LogP contribution < -0.4 is 40.2 Å². The Morgan fingerprint density at radius 2 is 1.04 bits per heavy atom. The molecule has 0 spiro atoms. The van der Waals surface area contributed by atoms with Gasteiger partial charge in [0.2, 0.25) is 0 Å². The summed E-state index contributed by atoms with van der Waals surface area (Å²) in [5.41, 5.74) is 1.03. The standard InChI is InChI=1S/C41H43N5O11/c47-37-26-55-33-13-5-1-9-29(33)40(50)42-17-18-43-41(51)30-10-2-6-14-34(30)56-27-38(48)45-32-12-4-8-16-36(32)54-25-28(24-53-35-15-7-3-11-31(35)44-37)57-39(49)23-46-19-21-52-22-20-46/h1-16,28H,17-27H2,(H,42,50)(H,43,51)(H,44,47)(H,45,48). The van der Waals surface area contributed by atoms with Crippen LogP contribution >= 0.6 is 0 Å². The largest absolute Gasteiger partial charge is 0.487 e. The quantitative estimate of drug-likeness (QED) is 0.223. The lowest BCUT2D eigenvalue weighted by molar-refractivity contribution is -0.154. The van der Waals surface area contributed by atoms with Gasteiger partial charge in [-0.3, -0.25) is 28.9 Å². The molecule has 4 aromatic rings. The Morgan fingerprint density at radius 1 is 0.596 bits per heavy atom. The topological polar surface area (TPSA) is 192 Å². The first-order chi connectivity index (χ1) is 27.8. The summed E-state index contributed by atoms with van der Waals surface area (Å²) in [5.74, 6) is -1.57. The minimum Gasteiger partial charge on any atom is -0.487 e. The Balaban J connectivity index is 1.22. The van der Waals surface area contributed by atoms with Crippen LogP contribution in [0.4, 0.5) is 11.4 Å². The number of anilines is 2. The molecule has 57 heavy (non-hydrogen) atoms. The van der Waals surface area contributed by atoms with E-state index >= 15 is 0 Å². The molecule has 16 heteroatoms. The number of hydrogen-bond acceptors (Lipinski definition) is 12. The van der Waals surface area contributed by atoms with Crippen molar-refractivity contribution in [2.75, 3.05) is 83.0 Å². The molecule has 0 radical (unpaired) electrons. The smallest absolute Gasteiger partial charge is 0.320 e. The van der Waals surface area contributed by atoms with Crippen LogP contribution in [0.25, 0.3) is 0 Å². The minimum atomic E-state index is -0.925. The number of esters is 1. The molecule has 0 aliphatic carbocycles. The Bertz CT molecular complexity index is 1910. The molecule has 4 N–H and O–H groups in total. The molecule has 0 atom stereocenters. The van der Waals surface area contributed by atoms with E-state index in [0.717, 1.165) is 0 Å². The summed E-state index contributed by atoms with van der Waals surface area (Å²) in [5, 5.41) is 11.0. The lowest BCUT2D eigenvalue weighted by Crippen LogP contribution is -2.42. The van der Waals surface area contributed by atoms with Crippen molar-refractivity contribution in [2.45, 2.75) is 6.10 Å². The second-order valence-corrected chi connectivity index (χ2v) is 12.8. The lowest BCUT2D eigenvalue weighted by Gasteiger charge is -2.27. The van der Waals surface area contributed by atoms with E-state index in [1.807, 2.05) is 4.90 Å². The molecule has 298 valence electrons. The molecule has 0 aromatic heterocycles. The van der Waals surface area contributed by atoms with E-state index in [4.69, 9.17) is 28.4 Å². The zero-order valence-electron chi connectivity index (χ0n) is 31.0. The summed E-state index contributed by atoms with van der Waals surface area (Å²) in [6.07, 6.45) is -0.925. The maximum Gasteiger partial charge on any atom is 0.320 e. The molecule has 16 nitrogen and oxygen atoms in total. The fraction of sp³-hybridized carbons (Fsp3) is 0.293. The number of rotatable bonds is 3. The molecule has 2 heterocycles. The van der Waals surface area contributed by atoms with E-state index in [2.05, 4.69) is 21.3 Å². The minimum absolute atomic E-state index is 0.0364. The number of nitrogens with one attached hydrogen (secondary N) is 4. The van der Waals surface area contributed by atoms with Crippen molar-refractivity contribution in [3.63, 3.8) is 0 Å².